The van der Waals surface area contributed by atoms with Crippen LogP contribution in [0.5, 0.6) is 11.5 Å². The lowest BCUT2D eigenvalue weighted by molar-refractivity contribution is 0.242. The third kappa shape index (κ3) is 4.43. The highest BCUT2D eigenvalue weighted by Crippen LogP contribution is 2.45. The number of hydrogen-bond donors (Lipinski definition) is 0. The Morgan fingerprint density at radius 3 is 2.25 bits per heavy atom. The summed E-state index contributed by atoms with van der Waals surface area (Å²) in [6, 6.07) is 6.87. The van der Waals surface area contributed by atoms with E-state index < -0.39 is 0 Å². The van der Waals surface area contributed by atoms with Crippen molar-refractivity contribution in [2.75, 3.05) is 6.61 Å². The number of halogens is 4. The zero-order valence-electron chi connectivity index (χ0n) is 13.6. The van der Waals surface area contributed by atoms with Crippen molar-refractivity contribution in [1.29, 1.82) is 0 Å². The molecule has 6 heteroatoms. The van der Waals surface area contributed by atoms with Gasteiger partial charge in [0.25, 0.3) is 0 Å². The minimum absolute atomic E-state index is 0.0262. The van der Waals surface area contributed by atoms with E-state index >= 15 is 0 Å². The summed E-state index contributed by atoms with van der Waals surface area (Å²) in [5.74, 6) is 1.09. The maximum Gasteiger partial charge on any atom is 0.138 e. The van der Waals surface area contributed by atoms with Crippen molar-refractivity contribution >= 4 is 46.4 Å². The molecule has 0 aliphatic heterocycles. The second-order valence-electron chi connectivity index (χ2n) is 5.51. The van der Waals surface area contributed by atoms with Crippen LogP contribution in [0.15, 0.2) is 24.3 Å². The molecule has 2 aromatic rings. The number of hydrogen-bond acceptors (Lipinski definition) is 2. The van der Waals surface area contributed by atoms with Gasteiger partial charge in [-0.2, -0.15) is 0 Å². The minimum atomic E-state index is -0.0262. The summed E-state index contributed by atoms with van der Waals surface area (Å²) in [5, 5.41) is 1.76. The molecule has 0 heterocycles. The Hall–Kier alpha value is -0.800. The molecule has 2 aromatic carbocycles. The monoisotopic (exact) mass is 406 g/mol. The first-order chi connectivity index (χ1) is 11.3. The van der Waals surface area contributed by atoms with E-state index in [1.54, 1.807) is 24.3 Å². The van der Waals surface area contributed by atoms with Crippen LogP contribution < -0.4 is 9.47 Å². The largest absolute Gasteiger partial charge is 0.492 e. The van der Waals surface area contributed by atoms with Crippen molar-refractivity contribution in [3.63, 3.8) is 0 Å². The van der Waals surface area contributed by atoms with Crippen LogP contribution in [-0.4, -0.2) is 12.7 Å². The number of ether oxygens (including phenoxy) is 2. The fourth-order valence-electron chi connectivity index (χ4n) is 2.17. The summed E-state index contributed by atoms with van der Waals surface area (Å²) >= 11 is 25.5. The van der Waals surface area contributed by atoms with Gasteiger partial charge in [-0.1, -0.05) is 53.3 Å². The Labute approximate surface area is 162 Å². The van der Waals surface area contributed by atoms with Crippen LogP contribution in [0.4, 0.5) is 0 Å². The summed E-state index contributed by atoms with van der Waals surface area (Å²) in [5.41, 5.74) is 1.25. The van der Waals surface area contributed by atoms with Gasteiger partial charge in [0.15, 0.2) is 0 Å². The Bertz CT molecular complexity index is 729. The van der Waals surface area contributed by atoms with Crippen molar-refractivity contribution in [3.05, 3.63) is 44.4 Å². The first kappa shape index (κ1) is 19.5. The van der Waals surface area contributed by atoms with Crippen LogP contribution in [0, 0.1) is 0 Å². The van der Waals surface area contributed by atoms with Crippen LogP contribution in [-0.2, 0) is 0 Å². The lowest BCUT2D eigenvalue weighted by atomic mass is 10.0. The third-order valence-corrected chi connectivity index (χ3v) is 4.47. The molecule has 2 nitrogen and oxygen atoms in total. The summed E-state index contributed by atoms with van der Waals surface area (Å²) in [4.78, 5) is 0. The molecule has 0 fully saturated rings. The molecule has 0 bridgehead atoms. The quantitative estimate of drug-likeness (QED) is 0.492. The van der Waals surface area contributed by atoms with Crippen molar-refractivity contribution in [3.8, 4) is 22.6 Å². The van der Waals surface area contributed by atoms with E-state index in [0.717, 1.165) is 6.42 Å². The van der Waals surface area contributed by atoms with E-state index in [1.165, 1.54) is 0 Å². The molecule has 0 N–H and O–H groups in total. The van der Waals surface area contributed by atoms with Crippen molar-refractivity contribution < 1.29 is 9.47 Å². The van der Waals surface area contributed by atoms with E-state index in [4.69, 9.17) is 55.9 Å². The SMILES string of the molecule is CCCOc1ccc(Cl)c(-c2cc(OC(C)C)c(Cl)cc2Cl)c1Cl. The molecule has 0 aliphatic carbocycles. The van der Waals surface area contributed by atoms with Crippen LogP contribution in [0.25, 0.3) is 11.1 Å². The average molecular weight is 408 g/mol. The number of rotatable bonds is 6. The molecule has 0 spiro atoms. The summed E-state index contributed by atoms with van der Waals surface area (Å²) in [6.07, 6.45) is 0.851. The molecule has 0 unspecified atom stereocenters. The van der Waals surface area contributed by atoms with Crippen LogP contribution in [0.2, 0.25) is 20.1 Å². The number of benzene rings is 2. The third-order valence-electron chi connectivity index (χ3n) is 3.17. The van der Waals surface area contributed by atoms with Crippen LogP contribution in [0.3, 0.4) is 0 Å². The van der Waals surface area contributed by atoms with Crippen molar-refractivity contribution in [2.45, 2.75) is 33.3 Å². The molecule has 24 heavy (non-hydrogen) atoms. The van der Waals surface area contributed by atoms with Crippen molar-refractivity contribution in [1.82, 2.24) is 0 Å². The van der Waals surface area contributed by atoms with Gasteiger partial charge < -0.3 is 9.47 Å². The minimum Gasteiger partial charge on any atom is -0.492 e. The van der Waals surface area contributed by atoms with Gasteiger partial charge in [0, 0.05) is 11.1 Å². The highest BCUT2D eigenvalue weighted by atomic mass is 35.5. The van der Waals surface area contributed by atoms with Gasteiger partial charge in [-0.25, -0.2) is 0 Å². The lowest BCUT2D eigenvalue weighted by Crippen LogP contribution is -2.06. The van der Waals surface area contributed by atoms with E-state index in [2.05, 4.69) is 0 Å². The molecule has 0 amide bonds. The predicted octanol–water partition coefficient (Wildman–Crippen LogP) is 7.54. The van der Waals surface area contributed by atoms with Gasteiger partial charge in [0.2, 0.25) is 0 Å². The zero-order valence-corrected chi connectivity index (χ0v) is 16.7. The Balaban J connectivity index is 2.58. The van der Waals surface area contributed by atoms with Gasteiger partial charge in [-0.3, -0.25) is 0 Å². The second-order valence-corrected chi connectivity index (χ2v) is 7.11. The standard InChI is InChI=1S/C18H18Cl4O2/c1-4-7-23-15-6-5-12(19)17(18(15)22)11-8-16(24-10(2)3)14(21)9-13(11)20/h5-6,8-10H,4,7H2,1-3H3. The first-order valence-corrected chi connectivity index (χ1v) is 9.13. The molecule has 2 rings (SSSR count). The van der Waals surface area contributed by atoms with E-state index in [-0.39, 0.29) is 6.10 Å². The average Bonchev–Trinajstić information content (AvgIpc) is 2.50. The van der Waals surface area contributed by atoms with Gasteiger partial charge in [0.05, 0.1) is 32.8 Å². The molecule has 0 atom stereocenters. The lowest BCUT2D eigenvalue weighted by Gasteiger charge is -2.17. The summed E-state index contributed by atoms with van der Waals surface area (Å²) < 4.78 is 11.4. The topological polar surface area (TPSA) is 18.5 Å². The summed E-state index contributed by atoms with van der Waals surface area (Å²) in [7, 11) is 0. The fraction of sp³-hybridized carbons (Fsp3) is 0.333. The maximum absolute atomic E-state index is 6.51. The molecular formula is C18H18Cl4O2. The van der Waals surface area contributed by atoms with E-state index in [1.807, 2.05) is 20.8 Å². The fourth-order valence-corrected chi connectivity index (χ4v) is 3.32. The molecule has 0 saturated carbocycles. The van der Waals surface area contributed by atoms with E-state index in [9.17, 15) is 0 Å². The molecule has 0 saturated heterocycles. The Morgan fingerprint density at radius 1 is 0.917 bits per heavy atom. The van der Waals surface area contributed by atoms with Crippen LogP contribution in [0.1, 0.15) is 27.2 Å². The Morgan fingerprint density at radius 2 is 1.62 bits per heavy atom. The second kappa shape index (κ2) is 8.53. The Kier molecular flexibility index (Phi) is 6.94. The van der Waals surface area contributed by atoms with Crippen molar-refractivity contribution in [2.24, 2.45) is 0 Å². The van der Waals surface area contributed by atoms with Gasteiger partial charge in [-0.15, -0.1) is 0 Å². The molecule has 130 valence electrons. The zero-order chi connectivity index (χ0) is 17.9. The molecule has 0 aliphatic rings. The summed E-state index contributed by atoms with van der Waals surface area (Å²) in [6.45, 7) is 6.43. The van der Waals surface area contributed by atoms with Crippen LogP contribution >= 0.6 is 46.4 Å². The van der Waals surface area contributed by atoms with Gasteiger partial charge in [0.1, 0.15) is 11.5 Å². The smallest absolute Gasteiger partial charge is 0.138 e. The molecule has 0 radical (unpaired) electrons. The normalized spacial score (nSPS) is 11.0. The van der Waals surface area contributed by atoms with Gasteiger partial charge >= 0.3 is 0 Å². The molecule has 0 aromatic heterocycles. The highest BCUT2D eigenvalue weighted by molar-refractivity contribution is 6.42. The van der Waals surface area contributed by atoms with Gasteiger partial charge in [-0.05, 0) is 44.5 Å². The first-order valence-electron chi connectivity index (χ1n) is 7.62. The predicted molar refractivity (Wildman–Crippen MR) is 103 cm³/mol. The molecular weight excluding hydrogens is 390 g/mol. The highest BCUT2D eigenvalue weighted by Gasteiger charge is 2.19. The maximum atomic E-state index is 6.51. The van der Waals surface area contributed by atoms with E-state index in [0.29, 0.717) is 49.3 Å².